The van der Waals surface area contributed by atoms with Crippen LogP contribution < -0.4 is 16.2 Å². The summed E-state index contributed by atoms with van der Waals surface area (Å²) in [4.78, 5) is 4.08. The number of hydrogen-bond donors (Lipinski definition) is 2. The Morgan fingerprint density at radius 3 is 2.85 bits per heavy atom. The first-order chi connectivity index (χ1) is 5.98. The number of pyridine rings is 1. The second-order valence-electron chi connectivity index (χ2n) is 3.97. The average molecular weight is 179 g/mol. The maximum atomic E-state index is 5.64. The van der Waals surface area contributed by atoms with E-state index in [0.717, 1.165) is 12.0 Å². The van der Waals surface area contributed by atoms with Gasteiger partial charge in [-0.15, -0.1) is 0 Å². The highest BCUT2D eigenvalue weighted by molar-refractivity contribution is 5.62. The Balaban J connectivity index is 2.48. The predicted octanol–water partition coefficient (Wildman–Crippen LogP) is 0.960. The number of nitrogens with two attached hydrogens (primary N) is 2. The van der Waals surface area contributed by atoms with Gasteiger partial charge in [0.2, 0.25) is 5.88 Å². The largest absolute Gasteiger partial charge is 0.471 e. The first kappa shape index (κ1) is 8.16. The van der Waals surface area contributed by atoms with E-state index in [9.17, 15) is 0 Å². The van der Waals surface area contributed by atoms with Crippen LogP contribution in [-0.2, 0) is 6.42 Å². The second kappa shape index (κ2) is 2.28. The summed E-state index contributed by atoms with van der Waals surface area (Å²) >= 11 is 0. The molecule has 1 aliphatic rings. The Bertz CT molecular complexity index is 327. The van der Waals surface area contributed by atoms with Crippen LogP contribution in [0.4, 0.5) is 11.5 Å². The molecule has 0 aliphatic carbocycles. The molecule has 0 radical (unpaired) electrons. The minimum atomic E-state index is -0.185. The van der Waals surface area contributed by atoms with E-state index in [0.29, 0.717) is 17.4 Å². The van der Waals surface area contributed by atoms with Crippen LogP contribution in [0.3, 0.4) is 0 Å². The molecule has 1 aromatic rings. The highest BCUT2D eigenvalue weighted by Crippen LogP contribution is 2.35. The molecule has 0 amide bonds. The van der Waals surface area contributed by atoms with Crippen molar-refractivity contribution in [2.75, 3.05) is 11.5 Å². The van der Waals surface area contributed by atoms with Crippen LogP contribution in [0.5, 0.6) is 5.88 Å². The molecule has 0 spiro atoms. The van der Waals surface area contributed by atoms with Gasteiger partial charge < -0.3 is 16.2 Å². The van der Waals surface area contributed by atoms with Crippen LogP contribution in [0.15, 0.2) is 6.07 Å². The smallest absolute Gasteiger partial charge is 0.219 e. The van der Waals surface area contributed by atoms with Crippen molar-refractivity contribution < 1.29 is 4.74 Å². The number of ether oxygens (including phenoxy) is 1. The lowest BCUT2D eigenvalue weighted by molar-refractivity contribution is 0.133. The van der Waals surface area contributed by atoms with Gasteiger partial charge in [-0.2, -0.15) is 4.98 Å². The van der Waals surface area contributed by atoms with Crippen molar-refractivity contribution in [3.63, 3.8) is 0 Å². The van der Waals surface area contributed by atoms with E-state index in [2.05, 4.69) is 4.98 Å². The Morgan fingerprint density at radius 1 is 1.46 bits per heavy atom. The fraction of sp³-hybridized carbons (Fsp3) is 0.444. The van der Waals surface area contributed by atoms with Gasteiger partial charge in [0.15, 0.2) is 5.82 Å². The van der Waals surface area contributed by atoms with Crippen LogP contribution in [0, 0.1) is 0 Å². The fourth-order valence-corrected chi connectivity index (χ4v) is 1.54. The van der Waals surface area contributed by atoms with E-state index >= 15 is 0 Å². The third-order valence-corrected chi connectivity index (χ3v) is 2.11. The molecule has 1 aromatic heterocycles. The Hall–Kier alpha value is -1.45. The number of fused-ring (bicyclic) bond motifs is 1. The summed E-state index contributed by atoms with van der Waals surface area (Å²) in [5, 5.41) is 0. The lowest BCUT2D eigenvalue weighted by Crippen LogP contribution is -2.24. The predicted molar refractivity (Wildman–Crippen MR) is 51.5 cm³/mol. The number of hydrogen-bond acceptors (Lipinski definition) is 4. The molecule has 70 valence electrons. The fourth-order valence-electron chi connectivity index (χ4n) is 1.54. The topological polar surface area (TPSA) is 74.2 Å². The van der Waals surface area contributed by atoms with Crippen LogP contribution in [0.2, 0.25) is 0 Å². The summed E-state index contributed by atoms with van der Waals surface area (Å²) in [6, 6.07) is 1.84. The highest BCUT2D eigenvalue weighted by atomic mass is 16.5. The summed E-state index contributed by atoms with van der Waals surface area (Å²) in [6.45, 7) is 4.03. The van der Waals surface area contributed by atoms with Crippen LogP contribution in [0.25, 0.3) is 0 Å². The van der Waals surface area contributed by atoms with E-state index in [1.54, 1.807) is 0 Å². The number of rotatable bonds is 0. The van der Waals surface area contributed by atoms with Gasteiger partial charge in [0.05, 0.1) is 5.69 Å². The number of nitrogens with zero attached hydrogens (tertiary/aromatic N) is 1. The summed E-state index contributed by atoms with van der Waals surface area (Å²) in [7, 11) is 0. The lowest BCUT2D eigenvalue weighted by atomic mass is 10.0. The maximum Gasteiger partial charge on any atom is 0.219 e. The number of aromatic nitrogens is 1. The van der Waals surface area contributed by atoms with Crippen LogP contribution in [0.1, 0.15) is 19.4 Å². The molecule has 0 unspecified atom stereocenters. The van der Waals surface area contributed by atoms with Crippen molar-refractivity contribution >= 4 is 11.5 Å². The summed E-state index contributed by atoms with van der Waals surface area (Å²) in [6.07, 6.45) is 0.833. The quantitative estimate of drug-likeness (QED) is 0.622. The van der Waals surface area contributed by atoms with Gasteiger partial charge in [0.25, 0.3) is 0 Å². The number of nitrogen functional groups attached to an aromatic ring is 2. The third kappa shape index (κ3) is 1.28. The Kier molecular flexibility index (Phi) is 1.43. The standard InChI is InChI=1S/C9H13N3O/c1-9(2)4-5-3-6(10)7(11)12-8(5)13-9/h3H,4,10H2,1-2H3,(H2,11,12). The first-order valence-corrected chi connectivity index (χ1v) is 4.22. The monoisotopic (exact) mass is 179 g/mol. The van der Waals surface area contributed by atoms with E-state index < -0.39 is 0 Å². The normalized spacial score (nSPS) is 18.0. The first-order valence-electron chi connectivity index (χ1n) is 4.22. The van der Waals surface area contributed by atoms with Crippen molar-refractivity contribution in [2.24, 2.45) is 0 Å². The van der Waals surface area contributed by atoms with Crippen molar-refractivity contribution in [3.05, 3.63) is 11.6 Å². The molecule has 13 heavy (non-hydrogen) atoms. The minimum absolute atomic E-state index is 0.185. The molecular formula is C9H13N3O. The van der Waals surface area contributed by atoms with Gasteiger partial charge in [-0.25, -0.2) is 0 Å². The van der Waals surface area contributed by atoms with Crippen molar-refractivity contribution in [1.82, 2.24) is 4.98 Å². The van der Waals surface area contributed by atoms with Gasteiger partial charge >= 0.3 is 0 Å². The van der Waals surface area contributed by atoms with Gasteiger partial charge in [-0.1, -0.05) is 0 Å². The second-order valence-corrected chi connectivity index (χ2v) is 3.97. The van der Waals surface area contributed by atoms with E-state index in [1.165, 1.54) is 0 Å². The van der Waals surface area contributed by atoms with Crippen LogP contribution in [-0.4, -0.2) is 10.6 Å². The van der Waals surface area contributed by atoms with Crippen LogP contribution >= 0.6 is 0 Å². The average Bonchev–Trinajstić information content (AvgIpc) is 2.24. The molecule has 2 rings (SSSR count). The lowest BCUT2D eigenvalue weighted by Gasteiger charge is -2.15. The zero-order valence-corrected chi connectivity index (χ0v) is 7.79. The summed E-state index contributed by atoms with van der Waals surface area (Å²) in [5.74, 6) is 0.966. The van der Waals surface area contributed by atoms with Crippen molar-refractivity contribution in [2.45, 2.75) is 25.9 Å². The molecule has 4 nitrogen and oxygen atoms in total. The minimum Gasteiger partial charge on any atom is -0.471 e. The van der Waals surface area contributed by atoms with Gasteiger partial charge in [0, 0.05) is 12.0 Å². The third-order valence-electron chi connectivity index (χ3n) is 2.11. The van der Waals surface area contributed by atoms with Gasteiger partial charge in [-0.05, 0) is 19.9 Å². The summed E-state index contributed by atoms with van der Waals surface area (Å²) < 4.78 is 5.58. The van der Waals surface area contributed by atoms with E-state index in [4.69, 9.17) is 16.2 Å². The molecule has 2 heterocycles. The molecule has 1 aliphatic heterocycles. The SMILES string of the molecule is CC1(C)Cc2cc(N)c(N)nc2O1. The summed E-state index contributed by atoms with van der Waals surface area (Å²) in [5.41, 5.74) is 12.6. The molecule has 0 atom stereocenters. The molecule has 0 saturated heterocycles. The van der Waals surface area contributed by atoms with Crippen molar-refractivity contribution in [1.29, 1.82) is 0 Å². The van der Waals surface area contributed by atoms with Gasteiger partial charge in [-0.3, -0.25) is 0 Å². The van der Waals surface area contributed by atoms with E-state index in [-0.39, 0.29) is 5.60 Å². The Labute approximate surface area is 76.9 Å². The Morgan fingerprint density at radius 2 is 2.15 bits per heavy atom. The molecule has 4 heteroatoms. The van der Waals surface area contributed by atoms with Gasteiger partial charge in [0.1, 0.15) is 5.60 Å². The molecule has 0 aromatic carbocycles. The zero-order chi connectivity index (χ0) is 9.64. The molecule has 0 fully saturated rings. The van der Waals surface area contributed by atoms with Crippen molar-refractivity contribution in [3.8, 4) is 5.88 Å². The zero-order valence-electron chi connectivity index (χ0n) is 7.79. The molecular weight excluding hydrogens is 166 g/mol. The molecule has 0 saturated carbocycles. The highest BCUT2D eigenvalue weighted by Gasteiger charge is 2.31. The number of anilines is 2. The van der Waals surface area contributed by atoms with E-state index in [1.807, 2.05) is 19.9 Å². The maximum absolute atomic E-state index is 5.64. The molecule has 4 N–H and O–H groups in total. The molecule has 0 bridgehead atoms.